The predicted molar refractivity (Wildman–Crippen MR) is 52.3 cm³/mol. The summed E-state index contributed by atoms with van der Waals surface area (Å²) in [6.07, 6.45) is 2.46. The van der Waals surface area contributed by atoms with Crippen molar-refractivity contribution >= 4 is 18.2 Å². The molecule has 0 bridgehead atoms. The van der Waals surface area contributed by atoms with Crippen LogP contribution in [0.2, 0.25) is 0 Å². The van der Waals surface area contributed by atoms with Crippen LogP contribution in [0.4, 0.5) is 0 Å². The number of carbonyl (C=O) groups is 1. The zero-order valence-corrected chi connectivity index (χ0v) is 8.65. The number of ketones is 1. The highest BCUT2D eigenvalue weighted by Gasteiger charge is 2.46. The van der Waals surface area contributed by atoms with Crippen molar-refractivity contribution in [2.24, 2.45) is 0 Å². The summed E-state index contributed by atoms with van der Waals surface area (Å²) < 4.78 is 5.71. The Bertz CT molecular complexity index is 202. The van der Waals surface area contributed by atoms with E-state index in [0.29, 0.717) is 12.2 Å². The minimum Gasteiger partial charge on any atom is -0.364 e. The SMILES string of the molecule is CC1CC(=O)C2(CCNCC2)O1.Cl. The number of halogens is 1. The van der Waals surface area contributed by atoms with E-state index in [1.165, 1.54) is 0 Å². The molecule has 2 rings (SSSR count). The van der Waals surface area contributed by atoms with Gasteiger partial charge in [0.2, 0.25) is 0 Å². The zero-order chi connectivity index (χ0) is 8.60. The van der Waals surface area contributed by atoms with E-state index in [1.54, 1.807) is 0 Å². The molecule has 2 aliphatic rings. The minimum atomic E-state index is -0.398. The maximum Gasteiger partial charge on any atom is 0.167 e. The fraction of sp³-hybridized carbons (Fsp3) is 0.889. The van der Waals surface area contributed by atoms with E-state index < -0.39 is 5.60 Å². The van der Waals surface area contributed by atoms with Gasteiger partial charge in [-0.15, -0.1) is 12.4 Å². The lowest BCUT2D eigenvalue weighted by molar-refractivity contribution is -0.136. The fourth-order valence-corrected chi connectivity index (χ4v) is 2.17. The highest BCUT2D eigenvalue weighted by Crippen LogP contribution is 2.33. The average molecular weight is 206 g/mol. The molecule has 2 heterocycles. The molecule has 13 heavy (non-hydrogen) atoms. The molecule has 2 aliphatic heterocycles. The van der Waals surface area contributed by atoms with Crippen LogP contribution in [0.3, 0.4) is 0 Å². The third-order valence-electron chi connectivity index (χ3n) is 2.82. The molecular weight excluding hydrogens is 190 g/mol. The van der Waals surface area contributed by atoms with Gasteiger partial charge in [0.05, 0.1) is 6.10 Å². The average Bonchev–Trinajstić information content (AvgIpc) is 2.29. The summed E-state index contributed by atoms with van der Waals surface area (Å²) in [5, 5.41) is 3.24. The van der Waals surface area contributed by atoms with Gasteiger partial charge >= 0.3 is 0 Å². The molecule has 2 saturated heterocycles. The molecule has 0 amide bonds. The van der Waals surface area contributed by atoms with Crippen LogP contribution < -0.4 is 5.32 Å². The molecule has 4 heteroatoms. The van der Waals surface area contributed by atoms with Crippen molar-refractivity contribution in [2.75, 3.05) is 13.1 Å². The standard InChI is InChI=1S/C9H15NO2.ClH/c1-7-6-8(11)9(12-7)2-4-10-5-3-9;/h7,10H,2-6H2,1H3;1H. The second kappa shape index (κ2) is 3.95. The van der Waals surface area contributed by atoms with Crippen LogP contribution in [-0.2, 0) is 9.53 Å². The molecule has 0 aromatic rings. The van der Waals surface area contributed by atoms with Gasteiger partial charge in [0.15, 0.2) is 5.78 Å². The molecule has 0 saturated carbocycles. The van der Waals surface area contributed by atoms with Crippen LogP contribution in [0.5, 0.6) is 0 Å². The molecule has 0 aromatic heterocycles. The first-order valence-electron chi connectivity index (χ1n) is 4.65. The second-order valence-corrected chi connectivity index (χ2v) is 3.80. The van der Waals surface area contributed by atoms with Crippen molar-refractivity contribution in [3.63, 3.8) is 0 Å². The van der Waals surface area contributed by atoms with Gasteiger partial charge in [-0.25, -0.2) is 0 Å². The Morgan fingerprint density at radius 3 is 2.54 bits per heavy atom. The van der Waals surface area contributed by atoms with E-state index >= 15 is 0 Å². The van der Waals surface area contributed by atoms with E-state index in [4.69, 9.17) is 4.74 Å². The lowest BCUT2D eigenvalue weighted by atomic mass is 9.88. The molecule has 0 aliphatic carbocycles. The van der Waals surface area contributed by atoms with Gasteiger partial charge < -0.3 is 10.1 Å². The summed E-state index contributed by atoms with van der Waals surface area (Å²) >= 11 is 0. The number of Topliss-reactive ketones (excluding diaryl/α,β-unsaturated/α-hetero) is 1. The Balaban J connectivity index is 0.000000845. The Labute approximate surface area is 84.6 Å². The van der Waals surface area contributed by atoms with Crippen LogP contribution in [0.15, 0.2) is 0 Å². The Kier molecular flexibility index (Phi) is 3.33. The number of nitrogens with one attached hydrogen (secondary N) is 1. The number of carbonyl (C=O) groups excluding carboxylic acids is 1. The van der Waals surface area contributed by atoms with Gasteiger partial charge in [-0.2, -0.15) is 0 Å². The molecule has 1 N–H and O–H groups in total. The Hall–Kier alpha value is -0.120. The third kappa shape index (κ3) is 1.87. The molecule has 76 valence electrons. The van der Waals surface area contributed by atoms with Crippen molar-refractivity contribution in [2.45, 2.75) is 37.9 Å². The van der Waals surface area contributed by atoms with E-state index in [1.807, 2.05) is 6.92 Å². The van der Waals surface area contributed by atoms with E-state index in [0.717, 1.165) is 25.9 Å². The van der Waals surface area contributed by atoms with Crippen molar-refractivity contribution in [3.8, 4) is 0 Å². The summed E-state index contributed by atoms with van der Waals surface area (Å²) in [7, 11) is 0. The molecule has 1 atom stereocenters. The maximum absolute atomic E-state index is 11.6. The van der Waals surface area contributed by atoms with Crippen LogP contribution in [0, 0.1) is 0 Å². The number of piperidine rings is 1. The van der Waals surface area contributed by atoms with Crippen molar-refractivity contribution in [1.82, 2.24) is 5.32 Å². The van der Waals surface area contributed by atoms with Crippen LogP contribution in [-0.4, -0.2) is 30.6 Å². The monoisotopic (exact) mass is 205 g/mol. The number of hydrogen-bond acceptors (Lipinski definition) is 3. The summed E-state index contributed by atoms with van der Waals surface area (Å²) in [5.41, 5.74) is -0.398. The summed E-state index contributed by atoms with van der Waals surface area (Å²) in [5.74, 6) is 0.316. The molecule has 1 unspecified atom stereocenters. The Morgan fingerprint density at radius 1 is 1.46 bits per heavy atom. The number of rotatable bonds is 0. The van der Waals surface area contributed by atoms with Crippen LogP contribution in [0.1, 0.15) is 26.2 Å². The molecular formula is C9H16ClNO2. The smallest absolute Gasteiger partial charge is 0.167 e. The van der Waals surface area contributed by atoms with Crippen LogP contribution >= 0.6 is 12.4 Å². The lowest BCUT2D eigenvalue weighted by Crippen LogP contribution is -2.46. The van der Waals surface area contributed by atoms with E-state index in [9.17, 15) is 4.79 Å². The molecule has 2 fully saturated rings. The van der Waals surface area contributed by atoms with Gasteiger partial charge in [-0.3, -0.25) is 4.79 Å². The number of ether oxygens (including phenoxy) is 1. The first-order chi connectivity index (χ1) is 5.73. The third-order valence-corrected chi connectivity index (χ3v) is 2.82. The second-order valence-electron chi connectivity index (χ2n) is 3.80. The molecule has 0 aromatic carbocycles. The molecule has 1 spiro atoms. The van der Waals surface area contributed by atoms with Crippen molar-refractivity contribution in [3.05, 3.63) is 0 Å². The zero-order valence-electron chi connectivity index (χ0n) is 7.84. The van der Waals surface area contributed by atoms with Gasteiger partial charge in [-0.05, 0) is 32.9 Å². The lowest BCUT2D eigenvalue weighted by Gasteiger charge is -2.31. The van der Waals surface area contributed by atoms with Gasteiger partial charge in [-0.1, -0.05) is 0 Å². The quantitative estimate of drug-likeness (QED) is 0.639. The summed E-state index contributed by atoms with van der Waals surface area (Å²) in [6, 6.07) is 0. The van der Waals surface area contributed by atoms with Gasteiger partial charge in [0.25, 0.3) is 0 Å². The number of hydrogen-bond donors (Lipinski definition) is 1. The van der Waals surface area contributed by atoms with E-state index in [2.05, 4.69) is 5.32 Å². The van der Waals surface area contributed by atoms with Gasteiger partial charge in [0.1, 0.15) is 5.60 Å². The summed E-state index contributed by atoms with van der Waals surface area (Å²) in [4.78, 5) is 11.6. The Morgan fingerprint density at radius 2 is 2.08 bits per heavy atom. The molecule has 0 radical (unpaired) electrons. The highest BCUT2D eigenvalue weighted by atomic mass is 35.5. The predicted octanol–water partition coefficient (Wildman–Crippen LogP) is 0.908. The fourth-order valence-electron chi connectivity index (χ4n) is 2.17. The maximum atomic E-state index is 11.6. The van der Waals surface area contributed by atoms with Gasteiger partial charge in [0, 0.05) is 6.42 Å². The first-order valence-corrected chi connectivity index (χ1v) is 4.65. The van der Waals surface area contributed by atoms with Crippen molar-refractivity contribution in [1.29, 1.82) is 0 Å². The van der Waals surface area contributed by atoms with E-state index in [-0.39, 0.29) is 18.5 Å². The minimum absolute atomic E-state index is 0. The normalized spacial score (nSPS) is 31.8. The first kappa shape index (κ1) is 11.0. The topological polar surface area (TPSA) is 38.3 Å². The molecule has 3 nitrogen and oxygen atoms in total. The largest absolute Gasteiger partial charge is 0.364 e. The summed E-state index contributed by atoms with van der Waals surface area (Å²) in [6.45, 7) is 3.81. The van der Waals surface area contributed by atoms with Crippen LogP contribution in [0.25, 0.3) is 0 Å². The van der Waals surface area contributed by atoms with Crippen molar-refractivity contribution < 1.29 is 9.53 Å². The highest BCUT2D eigenvalue weighted by molar-refractivity contribution is 5.89.